The molecule has 2 aromatic rings. The summed E-state index contributed by atoms with van der Waals surface area (Å²) in [5.74, 6) is -0.157. The zero-order chi connectivity index (χ0) is 20.4. The topological polar surface area (TPSA) is 56.2 Å². The first kappa shape index (κ1) is 19.5. The molecular weight excluding hydrogens is 388 g/mol. The third kappa shape index (κ3) is 4.12. The molecule has 2 amide bonds. The van der Waals surface area contributed by atoms with Crippen LogP contribution in [-0.2, 0) is 9.59 Å². The first-order chi connectivity index (χ1) is 14.0. The summed E-state index contributed by atoms with van der Waals surface area (Å²) in [6.45, 7) is 4.68. The molecule has 2 aliphatic rings. The van der Waals surface area contributed by atoms with Crippen molar-refractivity contribution in [2.45, 2.75) is 19.8 Å². The summed E-state index contributed by atoms with van der Waals surface area (Å²) in [6.07, 6.45) is 0.682. The van der Waals surface area contributed by atoms with Crippen LogP contribution < -0.4 is 9.91 Å². The number of anilines is 2. The second-order valence-electron chi connectivity index (χ2n) is 7.29. The number of hydrogen-bond donors (Lipinski definition) is 0. The smallest absolute Gasteiger partial charge is 0.270 e. The molecule has 2 heterocycles. The molecule has 0 unspecified atom stereocenters. The van der Waals surface area contributed by atoms with Crippen LogP contribution >= 0.6 is 11.6 Å². The van der Waals surface area contributed by atoms with Crippen molar-refractivity contribution in [1.82, 2.24) is 4.90 Å². The highest BCUT2D eigenvalue weighted by atomic mass is 35.5. The fraction of sp³-hybridized carbons (Fsp3) is 0.318. The van der Waals surface area contributed by atoms with Crippen molar-refractivity contribution in [2.75, 3.05) is 36.1 Å². The molecular formula is C22H23ClN4O2. The Hall–Kier alpha value is -2.86. The van der Waals surface area contributed by atoms with Gasteiger partial charge in [-0.25, -0.2) is 5.01 Å². The Morgan fingerprint density at radius 2 is 1.66 bits per heavy atom. The molecule has 0 N–H and O–H groups in total. The number of carbonyl (C=O) groups excluding carboxylic acids is 2. The SMILES string of the molecule is Cc1ccccc1N1N=C(C(=O)N2CCN(c3ccc(Cl)cc3)CC2)CCC1=O. The van der Waals surface area contributed by atoms with Crippen LogP contribution in [0.15, 0.2) is 53.6 Å². The molecule has 0 saturated carbocycles. The van der Waals surface area contributed by atoms with Gasteiger partial charge in [0.05, 0.1) is 5.69 Å². The zero-order valence-corrected chi connectivity index (χ0v) is 17.1. The number of hydrogen-bond acceptors (Lipinski definition) is 4. The summed E-state index contributed by atoms with van der Waals surface area (Å²) < 4.78 is 0. The second-order valence-corrected chi connectivity index (χ2v) is 7.73. The third-order valence-corrected chi connectivity index (χ3v) is 5.63. The van der Waals surface area contributed by atoms with Crippen LogP contribution in [0.4, 0.5) is 11.4 Å². The Bertz CT molecular complexity index is 950. The van der Waals surface area contributed by atoms with Crippen molar-refractivity contribution in [3.05, 3.63) is 59.1 Å². The molecule has 0 aliphatic carbocycles. The summed E-state index contributed by atoms with van der Waals surface area (Å²) in [4.78, 5) is 29.5. The standard InChI is InChI=1S/C22H23ClN4O2/c1-16-4-2-3-5-20(16)27-21(28)11-10-19(24-27)22(29)26-14-12-25(13-15-26)18-8-6-17(23)7-9-18/h2-9H,10-15H2,1H3. The molecule has 2 aromatic carbocycles. The van der Waals surface area contributed by atoms with E-state index in [-0.39, 0.29) is 11.8 Å². The van der Waals surface area contributed by atoms with E-state index in [1.807, 2.05) is 60.4 Å². The molecule has 1 saturated heterocycles. The van der Waals surface area contributed by atoms with Crippen molar-refractivity contribution in [3.8, 4) is 0 Å². The lowest BCUT2D eigenvalue weighted by Crippen LogP contribution is -2.51. The Kier molecular flexibility index (Phi) is 5.53. The van der Waals surface area contributed by atoms with Gasteiger partial charge in [0.1, 0.15) is 5.71 Å². The summed E-state index contributed by atoms with van der Waals surface area (Å²) >= 11 is 5.96. The minimum Gasteiger partial charge on any atom is -0.368 e. The van der Waals surface area contributed by atoms with E-state index in [1.165, 1.54) is 5.01 Å². The van der Waals surface area contributed by atoms with Crippen LogP contribution in [0.1, 0.15) is 18.4 Å². The minimum absolute atomic E-state index is 0.0770. The van der Waals surface area contributed by atoms with Gasteiger partial charge in [-0.05, 0) is 42.8 Å². The van der Waals surface area contributed by atoms with E-state index in [1.54, 1.807) is 0 Å². The molecule has 0 bridgehead atoms. The summed E-state index contributed by atoms with van der Waals surface area (Å²) in [5, 5.41) is 6.54. The van der Waals surface area contributed by atoms with E-state index in [0.717, 1.165) is 30.0 Å². The van der Waals surface area contributed by atoms with Crippen molar-refractivity contribution >= 4 is 40.5 Å². The van der Waals surface area contributed by atoms with Gasteiger partial charge in [0.25, 0.3) is 5.91 Å². The highest BCUT2D eigenvalue weighted by Gasteiger charge is 2.30. The Morgan fingerprint density at radius 3 is 2.34 bits per heavy atom. The van der Waals surface area contributed by atoms with E-state index in [2.05, 4.69) is 10.0 Å². The van der Waals surface area contributed by atoms with Crippen molar-refractivity contribution in [1.29, 1.82) is 0 Å². The van der Waals surface area contributed by atoms with Gasteiger partial charge in [0, 0.05) is 49.7 Å². The molecule has 7 heteroatoms. The highest BCUT2D eigenvalue weighted by Crippen LogP contribution is 2.25. The van der Waals surface area contributed by atoms with Gasteiger partial charge in [-0.3, -0.25) is 9.59 Å². The number of hydrazone groups is 1. The lowest BCUT2D eigenvalue weighted by molar-refractivity contribution is -0.124. The van der Waals surface area contributed by atoms with E-state index in [9.17, 15) is 9.59 Å². The van der Waals surface area contributed by atoms with Crippen LogP contribution in [0, 0.1) is 6.92 Å². The highest BCUT2D eigenvalue weighted by molar-refractivity contribution is 6.40. The lowest BCUT2D eigenvalue weighted by Gasteiger charge is -2.36. The number of aryl methyl sites for hydroxylation is 1. The number of para-hydroxylation sites is 1. The molecule has 0 radical (unpaired) electrons. The van der Waals surface area contributed by atoms with E-state index in [0.29, 0.717) is 36.7 Å². The molecule has 4 rings (SSSR count). The number of rotatable bonds is 3. The summed E-state index contributed by atoms with van der Waals surface area (Å²) in [5.41, 5.74) is 3.24. The summed E-state index contributed by atoms with van der Waals surface area (Å²) in [6, 6.07) is 15.3. The van der Waals surface area contributed by atoms with Gasteiger partial charge in [0.15, 0.2) is 0 Å². The van der Waals surface area contributed by atoms with Crippen LogP contribution in [0.3, 0.4) is 0 Å². The quantitative estimate of drug-likeness (QED) is 0.778. The molecule has 0 spiro atoms. The van der Waals surface area contributed by atoms with Gasteiger partial charge < -0.3 is 9.80 Å². The van der Waals surface area contributed by atoms with Crippen LogP contribution in [0.25, 0.3) is 0 Å². The Morgan fingerprint density at radius 1 is 0.966 bits per heavy atom. The van der Waals surface area contributed by atoms with Gasteiger partial charge >= 0.3 is 0 Å². The van der Waals surface area contributed by atoms with Crippen LogP contribution in [0.5, 0.6) is 0 Å². The monoisotopic (exact) mass is 410 g/mol. The Labute approximate surface area is 175 Å². The first-order valence-corrected chi connectivity index (χ1v) is 10.2. The number of benzene rings is 2. The van der Waals surface area contributed by atoms with Crippen LogP contribution in [-0.4, -0.2) is 48.6 Å². The molecule has 150 valence electrons. The molecule has 6 nitrogen and oxygen atoms in total. The molecule has 0 atom stereocenters. The van der Waals surface area contributed by atoms with Gasteiger partial charge in [0.2, 0.25) is 5.91 Å². The molecule has 2 aliphatic heterocycles. The van der Waals surface area contributed by atoms with E-state index < -0.39 is 0 Å². The van der Waals surface area contributed by atoms with Crippen LogP contribution in [0.2, 0.25) is 5.02 Å². The van der Waals surface area contributed by atoms with Crippen molar-refractivity contribution in [3.63, 3.8) is 0 Å². The average Bonchev–Trinajstić information content (AvgIpc) is 2.75. The lowest BCUT2D eigenvalue weighted by atomic mass is 10.1. The van der Waals surface area contributed by atoms with Crippen molar-refractivity contribution in [2.24, 2.45) is 5.10 Å². The van der Waals surface area contributed by atoms with E-state index >= 15 is 0 Å². The number of piperazine rings is 1. The average molecular weight is 411 g/mol. The van der Waals surface area contributed by atoms with Gasteiger partial charge in [-0.2, -0.15) is 5.10 Å². The first-order valence-electron chi connectivity index (χ1n) is 9.79. The number of carbonyl (C=O) groups is 2. The Balaban J connectivity index is 1.45. The largest absolute Gasteiger partial charge is 0.368 e. The number of nitrogens with zero attached hydrogens (tertiary/aromatic N) is 4. The minimum atomic E-state index is -0.0802. The predicted octanol–water partition coefficient (Wildman–Crippen LogP) is 3.48. The maximum atomic E-state index is 13.0. The van der Waals surface area contributed by atoms with Gasteiger partial charge in [-0.1, -0.05) is 29.8 Å². The summed E-state index contributed by atoms with van der Waals surface area (Å²) in [7, 11) is 0. The molecule has 29 heavy (non-hydrogen) atoms. The maximum absolute atomic E-state index is 13.0. The fourth-order valence-electron chi connectivity index (χ4n) is 3.70. The normalized spacial score (nSPS) is 17.4. The maximum Gasteiger partial charge on any atom is 0.270 e. The zero-order valence-electron chi connectivity index (χ0n) is 16.3. The fourth-order valence-corrected chi connectivity index (χ4v) is 3.82. The van der Waals surface area contributed by atoms with Gasteiger partial charge in [-0.15, -0.1) is 0 Å². The predicted molar refractivity (Wildman–Crippen MR) is 116 cm³/mol. The number of halogens is 1. The van der Waals surface area contributed by atoms with Crippen molar-refractivity contribution < 1.29 is 9.59 Å². The molecule has 1 fully saturated rings. The number of amides is 2. The van der Waals surface area contributed by atoms with E-state index in [4.69, 9.17) is 11.6 Å². The molecule has 0 aromatic heterocycles. The third-order valence-electron chi connectivity index (χ3n) is 5.38. The second kappa shape index (κ2) is 8.25.